The van der Waals surface area contributed by atoms with E-state index in [-0.39, 0.29) is 5.91 Å². The zero-order valence-corrected chi connectivity index (χ0v) is 12.8. The van der Waals surface area contributed by atoms with E-state index in [0.717, 1.165) is 50.8 Å². The molecule has 0 saturated heterocycles. The summed E-state index contributed by atoms with van der Waals surface area (Å²) in [5.74, 6) is 0.0747. The van der Waals surface area contributed by atoms with Crippen LogP contribution in [0.15, 0.2) is 30.3 Å². The Labute approximate surface area is 127 Å². The molecule has 1 amide bonds. The Morgan fingerprint density at radius 1 is 1.05 bits per heavy atom. The molecule has 117 valence electrons. The lowest BCUT2D eigenvalue weighted by molar-refractivity contribution is -0.116. The lowest BCUT2D eigenvalue weighted by atomic mass is 10.1. The predicted octanol–water partition coefficient (Wildman–Crippen LogP) is 3.52. The number of para-hydroxylation sites is 1. The summed E-state index contributed by atoms with van der Waals surface area (Å²) in [6.07, 6.45) is 4.98. The maximum atomic E-state index is 11.7. The molecular formula is C17H26NO3. The van der Waals surface area contributed by atoms with Crippen LogP contribution in [-0.2, 0) is 9.90 Å². The predicted molar refractivity (Wildman–Crippen MR) is 83.5 cm³/mol. The van der Waals surface area contributed by atoms with Crippen molar-refractivity contribution in [2.75, 3.05) is 11.4 Å². The van der Waals surface area contributed by atoms with Crippen LogP contribution >= 0.6 is 0 Å². The summed E-state index contributed by atoms with van der Waals surface area (Å²) < 4.78 is 0. The Kier molecular flexibility index (Phi) is 8.71. The van der Waals surface area contributed by atoms with Crippen LogP contribution in [0.2, 0.25) is 0 Å². The van der Waals surface area contributed by atoms with Crippen LogP contribution in [0.3, 0.4) is 0 Å². The van der Waals surface area contributed by atoms with Gasteiger partial charge in [0.15, 0.2) is 6.29 Å². The van der Waals surface area contributed by atoms with Crippen molar-refractivity contribution in [1.29, 1.82) is 0 Å². The highest BCUT2D eigenvalue weighted by Gasteiger charge is 2.09. The molecule has 4 heteroatoms. The number of anilines is 1. The van der Waals surface area contributed by atoms with Gasteiger partial charge in [-0.05, 0) is 25.0 Å². The number of amides is 1. The first kappa shape index (κ1) is 17.7. The molecule has 1 aromatic carbocycles. The quantitative estimate of drug-likeness (QED) is 0.530. The largest absolute Gasteiger partial charge is 0.366 e. The van der Waals surface area contributed by atoms with E-state index in [2.05, 4.69) is 0 Å². The van der Waals surface area contributed by atoms with E-state index >= 15 is 0 Å². The van der Waals surface area contributed by atoms with Gasteiger partial charge in [-0.25, -0.2) is 5.11 Å². The Bertz CT molecular complexity index is 392. The van der Waals surface area contributed by atoms with Gasteiger partial charge in [0.2, 0.25) is 5.91 Å². The fourth-order valence-corrected chi connectivity index (χ4v) is 2.37. The van der Waals surface area contributed by atoms with Crippen LogP contribution in [0.1, 0.15) is 51.9 Å². The number of carbonyl (C=O) groups is 1. The lowest BCUT2D eigenvalue weighted by Gasteiger charge is -2.21. The van der Waals surface area contributed by atoms with Crippen LogP contribution < -0.4 is 4.90 Å². The standard InChI is InChI=1S/C17H26NO3/c1-15(19)18(16-11-7-6-8-12-16)14-10-5-3-2-4-9-13-17(20)21/h6-8,11-12,17,20H,2-5,9-10,13-14H2,1H3. The van der Waals surface area contributed by atoms with Gasteiger partial charge in [-0.3, -0.25) is 4.79 Å². The minimum atomic E-state index is -1.42. The van der Waals surface area contributed by atoms with Crippen molar-refractivity contribution in [2.24, 2.45) is 0 Å². The number of benzene rings is 1. The molecule has 1 radical (unpaired) electrons. The number of carbonyl (C=O) groups excluding carboxylic acids is 1. The molecular weight excluding hydrogens is 266 g/mol. The van der Waals surface area contributed by atoms with Gasteiger partial charge in [-0.2, -0.15) is 0 Å². The Morgan fingerprint density at radius 2 is 1.62 bits per heavy atom. The van der Waals surface area contributed by atoms with Gasteiger partial charge in [0, 0.05) is 25.6 Å². The zero-order chi connectivity index (χ0) is 15.5. The highest BCUT2D eigenvalue weighted by Crippen LogP contribution is 2.15. The number of unbranched alkanes of at least 4 members (excludes halogenated alkanes) is 5. The Morgan fingerprint density at radius 3 is 2.19 bits per heavy atom. The van der Waals surface area contributed by atoms with Gasteiger partial charge in [0.25, 0.3) is 0 Å². The average molecular weight is 292 g/mol. The Balaban J connectivity index is 2.16. The number of hydrogen-bond acceptors (Lipinski definition) is 2. The second-order valence-corrected chi connectivity index (χ2v) is 5.37. The maximum Gasteiger partial charge on any atom is 0.223 e. The molecule has 0 aliphatic rings. The van der Waals surface area contributed by atoms with E-state index in [1.54, 1.807) is 6.92 Å². The molecule has 1 unspecified atom stereocenters. The van der Waals surface area contributed by atoms with Crippen LogP contribution in [0, 0.1) is 0 Å². The maximum absolute atomic E-state index is 11.7. The molecule has 0 fully saturated rings. The SMILES string of the molecule is CC(=O)N(CCCCCCCCC([O])O)c1ccccc1. The van der Waals surface area contributed by atoms with Crippen molar-refractivity contribution in [3.63, 3.8) is 0 Å². The van der Waals surface area contributed by atoms with Gasteiger partial charge in [0.05, 0.1) is 0 Å². The summed E-state index contributed by atoms with van der Waals surface area (Å²) in [5, 5.41) is 19.1. The molecule has 21 heavy (non-hydrogen) atoms. The molecule has 0 aromatic heterocycles. The van der Waals surface area contributed by atoms with Crippen LogP contribution in [0.5, 0.6) is 0 Å². The lowest BCUT2D eigenvalue weighted by Crippen LogP contribution is -2.29. The summed E-state index contributed by atoms with van der Waals surface area (Å²) in [5.41, 5.74) is 0.953. The molecule has 0 bridgehead atoms. The van der Waals surface area contributed by atoms with Crippen molar-refractivity contribution >= 4 is 11.6 Å². The number of nitrogens with zero attached hydrogens (tertiary/aromatic N) is 1. The van der Waals surface area contributed by atoms with Crippen molar-refractivity contribution in [3.05, 3.63) is 30.3 Å². The van der Waals surface area contributed by atoms with Crippen LogP contribution in [0.4, 0.5) is 5.69 Å². The molecule has 0 saturated carbocycles. The molecule has 1 N–H and O–H groups in total. The van der Waals surface area contributed by atoms with E-state index < -0.39 is 6.29 Å². The van der Waals surface area contributed by atoms with Gasteiger partial charge >= 0.3 is 0 Å². The fraction of sp³-hybridized carbons (Fsp3) is 0.588. The topological polar surface area (TPSA) is 60.4 Å². The van der Waals surface area contributed by atoms with Crippen molar-refractivity contribution in [2.45, 2.75) is 58.2 Å². The molecule has 1 rings (SSSR count). The van der Waals surface area contributed by atoms with E-state index in [1.165, 1.54) is 0 Å². The highest BCUT2D eigenvalue weighted by molar-refractivity contribution is 5.91. The molecule has 0 heterocycles. The smallest absolute Gasteiger partial charge is 0.223 e. The van der Waals surface area contributed by atoms with Gasteiger partial charge in [-0.1, -0.05) is 43.9 Å². The second kappa shape index (κ2) is 10.4. The fourth-order valence-electron chi connectivity index (χ4n) is 2.37. The monoisotopic (exact) mass is 292 g/mol. The first-order valence-electron chi connectivity index (χ1n) is 7.78. The molecule has 1 atom stereocenters. The van der Waals surface area contributed by atoms with Crippen LogP contribution in [-0.4, -0.2) is 23.8 Å². The summed E-state index contributed by atoms with van der Waals surface area (Å²) >= 11 is 0. The summed E-state index contributed by atoms with van der Waals surface area (Å²) in [6, 6.07) is 9.73. The van der Waals surface area contributed by atoms with Gasteiger partial charge in [0.1, 0.15) is 0 Å². The number of aliphatic hydroxyl groups excluding tert-OH is 1. The van der Waals surface area contributed by atoms with E-state index in [1.807, 2.05) is 35.2 Å². The third-order valence-corrected chi connectivity index (χ3v) is 3.53. The minimum absolute atomic E-state index is 0.0747. The summed E-state index contributed by atoms with van der Waals surface area (Å²) in [7, 11) is 0. The zero-order valence-electron chi connectivity index (χ0n) is 12.8. The average Bonchev–Trinajstić information content (AvgIpc) is 2.46. The Hall–Kier alpha value is -1.39. The highest BCUT2D eigenvalue weighted by atomic mass is 16.5. The number of hydrogen-bond donors (Lipinski definition) is 1. The second-order valence-electron chi connectivity index (χ2n) is 5.37. The van der Waals surface area contributed by atoms with Crippen LogP contribution in [0.25, 0.3) is 0 Å². The van der Waals surface area contributed by atoms with E-state index in [9.17, 15) is 9.90 Å². The third kappa shape index (κ3) is 7.83. The van der Waals surface area contributed by atoms with Crippen molar-refractivity contribution in [1.82, 2.24) is 0 Å². The molecule has 0 spiro atoms. The normalized spacial score (nSPS) is 10.9. The molecule has 0 aliphatic heterocycles. The van der Waals surface area contributed by atoms with E-state index in [0.29, 0.717) is 6.42 Å². The van der Waals surface area contributed by atoms with Crippen molar-refractivity contribution < 1.29 is 15.0 Å². The van der Waals surface area contributed by atoms with Gasteiger partial charge in [-0.15, -0.1) is 0 Å². The molecule has 4 nitrogen and oxygen atoms in total. The minimum Gasteiger partial charge on any atom is -0.366 e. The van der Waals surface area contributed by atoms with Gasteiger partial charge < -0.3 is 10.0 Å². The van der Waals surface area contributed by atoms with Crippen molar-refractivity contribution in [3.8, 4) is 0 Å². The summed E-state index contributed by atoms with van der Waals surface area (Å²) in [4.78, 5) is 13.5. The summed E-state index contributed by atoms with van der Waals surface area (Å²) in [6.45, 7) is 2.35. The molecule has 0 aliphatic carbocycles. The number of aliphatic hydroxyl groups is 1. The number of rotatable bonds is 10. The van der Waals surface area contributed by atoms with E-state index in [4.69, 9.17) is 5.11 Å². The first-order chi connectivity index (χ1) is 10.1. The molecule has 1 aromatic rings. The third-order valence-electron chi connectivity index (χ3n) is 3.53. The first-order valence-corrected chi connectivity index (χ1v) is 7.78.